The predicted octanol–water partition coefficient (Wildman–Crippen LogP) is 1.79. The lowest BCUT2D eigenvalue weighted by Gasteiger charge is -2.34. The van der Waals surface area contributed by atoms with Crippen LogP contribution in [0.5, 0.6) is 0 Å². The molecule has 3 heterocycles. The van der Waals surface area contributed by atoms with E-state index in [9.17, 15) is 36.6 Å². The van der Waals surface area contributed by atoms with Crippen LogP contribution in [0.2, 0.25) is 0 Å². The smallest absolute Gasteiger partial charge is 0.270 e. The SMILES string of the molecule is N[C@H]1C[C@@H](n2ncc(N3CCC(O)(C(=O)NCc4cc(F)cc(F)c4F)C3=O)n2)CO[C@@H]1c1cc(F)ccc1F. The summed E-state index contributed by atoms with van der Waals surface area (Å²) in [6.07, 6.45) is 0.221. The maximum Gasteiger partial charge on any atom is 0.270 e. The minimum atomic E-state index is -2.54. The van der Waals surface area contributed by atoms with E-state index in [0.717, 1.165) is 23.1 Å². The number of hydrogen-bond donors (Lipinski definition) is 3. The highest BCUT2D eigenvalue weighted by Gasteiger charge is 2.52. The molecule has 2 aromatic carbocycles. The molecule has 0 radical (unpaired) electrons. The average Bonchev–Trinajstić information content (AvgIpc) is 3.52. The molecule has 1 aromatic heterocycles. The topological polar surface area (TPSA) is 136 Å². The van der Waals surface area contributed by atoms with Crippen LogP contribution in [0.4, 0.5) is 27.8 Å². The molecule has 2 fully saturated rings. The third-order valence-electron chi connectivity index (χ3n) is 6.94. The van der Waals surface area contributed by atoms with Gasteiger partial charge in [0.05, 0.1) is 18.8 Å². The Bertz CT molecular complexity index is 1470. The standard InChI is InChI=1S/C25H23F5N6O4/c26-13-1-2-17(28)16(6-13)22-19(31)8-15(11-40-22)36-33-10-20(34-36)35-4-3-25(39,24(35)38)23(37)32-9-12-5-14(27)7-18(29)21(12)30/h1-2,5-7,10,15,19,22,39H,3-4,8-9,11,31H2,(H,32,37)/t15-,19+,22-,25?/m1/s1. The number of hydrogen-bond acceptors (Lipinski definition) is 7. The maximum absolute atomic E-state index is 14.2. The number of carbonyl (C=O) groups excluding carboxylic acids is 2. The number of nitrogens with two attached hydrogens (primary N) is 1. The second-order valence-corrected chi connectivity index (χ2v) is 9.61. The molecule has 15 heteroatoms. The van der Waals surface area contributed by atoms with E-state index in [1.165, 1.54) is 11.0 Å². The Morgan fingerprint density at radius 3 is 2.67 bits per heavy atom. The number of aromatic nitrogens is 3. The average molecular weight is 566 g/mol. The molecule has 2 aliphatic rings. The molecule has 1 unspecified atom stereocenters. The van der Waals surface area contributed by atoms with Gasteiger partial charge in [0.15, 0.2) is 17.5 Å². The Labute approximate surface area is 223 Å². The van der Waals surface area contributed by atoms with E-state index in [1.54, 1.807) is 0 Å². The van der Waals surface area contributed by atoms with Crippen LogP contribution in [-0.4, -0.2) is 56.7 Å². The molecule has 3 aromatic rings. The Hall–Kier alpha value is -3.95. The first-order valence-corrected chi connectivity index (χ1v) is 12.2. The molecule has 5 rings (SSSR count). The minimum Gasteiger partial charge on any atom is -0.372 e. The van der Waals surface area contributed by atoms with Gasteiger partial charge >= 0.3 is 0 Å². The second-order valence-electron chi connectivity index (χ2n) is 9.61. The molecule has 2 aliphatic heterocycles. The summed E-state index contributed by atoms with van der Waals surface area (Å²) in [6.45, 7) is -0.792. The highest BCUT2D eigenvalue weighted by Crippen LogP contribution is 2.34. The van der Waals surface area contributed by atoms with Crippen LogP contribution in [0, 0.1) is 29.1 Å². The maximum atomic E-state index is 14.2. The Kier molecular flexibility index (Phi) is 7.29. The van der Waals surface area contributed by atoms with Crippen molar-refractivity contribution in [1.29, 1.82) is 0 Å². The lowest BCUT2D eigenvalue weighted by atomic mass is 9.94. The highest BCUT2D eigenvalue weighted by atomic mass is 19.2. The van der Waals surface area contributed by atoms with Gasteiger partial charge in [0.2, 0.25) is 5.60 Å². The zero-order valence-electron chi connectivity index (χ0n) is 20.7. The van der Waals surface area contributed by atoms with E-state index in [2.05, 4.69) is 15.5 Å². The van der Waals surface area contributed by atoms with Gasteiger partial charge in [0.25, 0.3) is 11.8 Å². The minimum absolute atomic E-state index is 0.0000357. The van der Waals surface area contributed by atoms with Crippen LogP contribution in [0.15, 0.2) is 36.5 Å². The number of benzene rings is 2. The van der Waals surface area contributed by atoms with Crippen molar-refractivity contribution >= 4 is 17.6 Å². The lowest BCUT2D eigenvalue weighted by Crippen LogP contribution is -2.52. The summed E-state index contributed by atoms with van der Waals surface area (Å²) in [7, 11) is 0. The van der Waals surface area contributed by atoms with Crippen molar-refractivity contribution in [3.8, 4) is 0 Å². The van der Waals surface area contributed by atoms with Crippen molar-refractivity contribution in [3.63, 3.8) is 0 Å². The molecular weight excluding hydrogens is 543 g/mol. The van der Waals surface area contributed by atoms with E-state index >= 15 is 0 Å². The fourth-order valence-electron chi connectivity index (χ4n) is 4.82. The zero-order valence-corrected chi connectivity index (χ0v) is 20.7. The van der Waals surface area contributed by atoms with Crippen molar-refractivity contribution in [1.82, 2.24) is 20.3 Å². The summed E-state index contributed by atoms with van der Waals surface area (Å²) in [5.74, 6) is -7.37. The summed E-state index contributed by atoms with van der Waals surface area (Å²) in [5.41, 5.74) is 3.13. The number of anilines is 1. The molecule has 4 atom stereocenters. The summed E-state index contributed by atoms with van der Waals surface area (Å²) in [4.78, 5) is 27.9. The number of halogens is 5. The number of ether oxygens (including phenoxy) is 1. The first kappa shape index (κ1) is 27.6. The van der Waals surface area contributed by atoms with Crippen LogP contribution in [0.3, 0.4) is 0 Å². The first-order valence-electron chi connectivity index (χ1n) is 12.2. The summed E-state index contributed by atoms with van der Waals surface area (Å²) < 4.78 is 74.3. The van der Waals surface area contributed by atoms with E-state index in [-0.39, 0.29) is 37.4 Å². The van der Waals surface area contributed by atoms with Gasteiger partial charge in [-0.2, -0.15) is 9.90 Å². The monoisotopic (exact) mass is 566 g/mol. The van der Waals surface area contributed by atoms with Gasteiger partial charge in [-0.3, -0.25) is 14.5 Å². The van der Waals surface area contributed by atoms with Gasteiger partial charge in [0.1, 0.15) is 23.6 Å². The van der Waals surface area contributed by atoms with Crippen molar-refractivity contribution in [3.05, 3.63) is 76.7 Å². The van der Waals surface area contributed by atoms with Crippen molar-refractivity contribution < 1.29 is 41.4 Å². The lowest BCUT2D eigenvalue weighted by molar-refractivity contribution is -0.149. The highest BCUT2D eigenvalue weighted by molar-refractivity contribution is 6.16. The predicted molar refractivity (Wildman–Crippen MR) is 127 cm³/mol. The van der Waals surface area contributed by atoms with E-state index in [1.807, 2.05) is 0 Å². The van der Waals surface area contributed by atoms with Crippen LogP contribution >= 0.6 is 0 Å². The molecule has 2 amide bonds. The molecule has 4 N–H and O–H groups in total. The summed E-state index contributed by atoms with van der Waals surface area (Å²) in [5, 5.41) is 21.3. The molecule has 0 saturated carbocycles. The summed E-state index contributed by atoms with van der Waals surface area (Å²) in [6, 6.07) is 2.77. The number of nitrogens with zero attached hydrogens (tertiary/aromatic N) is 4. The molecule has 2 saturated heterocycles. The quantitative estimate of drug-likeness (QED) is 0.235. The van der Waals surface area contributed by atoms with E-state index in [0.29, 0.717) is 12.1 Å². The van der Waals surface area contributed by atoms with Crippen LogP contribution in [-0.2, 0) is 20.9 Å². The molecule has 0 spiro atoms. The largest absolute Gasteiger partial charge is 0.372 e. The van der Waals surface area contributed by atoms with Gasteiger partial charge in [-0.15, -0.1) is 5.10 Å². The van der Waals surface area contributed by atoms with Gasteiger partial charge in [-0.1, -0.05) is 0 Å². The number of aliphatic hydroxyl groups is 1. The fraction of sp³-hybridized carbons (Fsp3) is 0.360. The Morgan fingerprint density at radius 1 is 1.15 bits per heavy atom. The van der Waals surface area contributed by atoms with Crippen molar-refractivity contribution in [2.45, 2.75) is 43.2 Å². The van der Waals surface area contributed by atoms with E-state index < -0.39 is 76.8 Å². The first-order chi connectivity index (χ1) is 19.0. The van der Waals surface area contributed by atoms with Crippen molar-refractivity contribution in [2.24, 2.45) is 5.73 Å². The van der Waals surface area contributed by atoms with E-state index in [4.69, 9.17) is 10.5 Å². The van der Waals surface area contributed by atoms with Gasteiger partial charge in [0, 0.05) is 42.7 Å². The van der Waals surface area contributed by atoms with Gasteiger partial charge < -0.3 is 20.9 Å². The van der Waals surface area contributed by atoms with Gasteiger partial charge in [-0.25, -0.2) is 22.0 Å². The number of amides is 2. The molecular formula is C25H23F5N6O4. The molecule has 40 heavy (non-hydrogen) atoms. The number of nitrogens with one attached hydrogen (secondary N) is 1. The fourth-order valence-corrected chi connectivity index (χ4v) is 4.82. The Morgan fingerprint density at radius 2 is 1.93 bits per heavy atom. The second kappa shape index (κ2) is 10.6. The van der Waals surface area contributed by atoms with Gasteiger partial charge in [-0.05, 0) is 30.7 Å². The molecule has 0 aliphatic carbocycles. The number of rotatable bonds is 6. The van der Waals surface area contributed by atoms with Crippen LogP contribution in [0.25, 0.3) is 0 Å². The Balaban J connectivity index is 1.23. The normalized spacial score (nSPS) is 24.9. The third-order valence-corrected chi connectivity index (χ3v) is 6.94. The van der Waals surface area contributed by atoms with Crippen LogP contribution in [0.1, 0.15) is 36.1 Å². The van der Waals surface area contributed by atoms with Crippen LogP contribution < -0.4 is 16.0 Å². The number of carbonyl (C=O) groups is 2. The third kappa shape index (κ3) is 5.02. The molecule has 10 nitrogen and oxygen atoms in total. The molecule has 0 bridgehead atoms. The van der Waals surface area contributed by atoms with Crippen molar-refractivity contribution in [2.75, 3.05) is 18.1 Å². The zero-order chi connectivity index (χ0) is 28.8. The summed E-state index contributed by atoms with van der Waals surface area (Å²) >= 11 is 0. The molecule has 212 valence electrons.